The number of carbonyl (C=O) groups is 2. The summed E-state index contributed by atoms with van der Waals surface area (Å²) in [6.45, 7) is 1.48. The molecule has 3 aromatic rings. The molecule has 6 nitrogen and oxygen atoms in total. The highest BCUT2D eigenvalue weighted by atomic mass is 19.1. The zero-order chi connectivity index (χ0) is 18.7. The van der Waals surface area contributed by atoms with Crippen LogP contribution < -0.4 is 10.6 Å². The van der Waals surface area contributed by atoms with Gasteiger partial charge >= 0.3 is 0 Å². The quantitative estimate of drug-likeness (QED) is 0.726. The minimum Gasteiger partial charge on any atom is -0.451 e. The van der Waals surface area contributed by atoms with Gasteiger partial charge in [-0.05, 0) is 24.3 Å². The molecule has 3 rings (SSSR count). The van der Waals surface area contributed by atoms with Crippen molar-refractivity contribution >= 4 is 34.2 Å². The van der Waals surface area contributed by atoms with E-state index in [4.69, 9.17) is 9.15 Å². The van der Waals surface area contributed by atoms with E-state index < -0.39 is 17.6 Å². The molecule has 0 saturated carbocycles. The molecule has 0 unspecified atom stereocenters. The number of nitrogens with one attached hydrogen (secondary N) is 2. The lowest BCUT2D eigenvalue weighted by Gasteiger charge is -2.09. The molecular weight excluding hydrogens is 339 g/mol. The molecule has 1 heterocycles. The Kier molecular flexibility index (Phi) is 4.99. The average molecular weight is 356 g/mol. The fraction of sp³-hybridized carbons (Fsp3) is 0.158. The average Bonchev–Trinajstić information content (AvgIpc) is 2.97. The molecule has 0 atom stereocenters. The number of ether oxygens (including phenoxy) is 1. The Bertz CT molecular complexity index is 981. The fourth-order valence-corrected chi connectivity index (χ4v) is 2.65. The molecule has 0 aliphatic carbocycles. The first kappa shape index (κ1) is 17.6. The first-order chi connectivity index (χ1) is 12.5. The summed E-state index contributed by atoms with van der Waals surface area (Å²) >= 11 is 0. The predicted molar refractivity (Wildman–Crippen MR) is 95.6 cm³/mol. The van der Waals surface area contributed by atoms with E-state index in [1.807, 2.05) is 18.2 Å². The SMILES string of the molecule is COCc1c(C(=O)Nc2ccc(F)c(NC(C)=O)c2)oc2ccccc12. The largest absolute Gasteiger partial charge is 0.451 e. The van der Waals surface area contributed by atoms with Crippen LogP contribution in [0.3, 0.4) is 0 Å². The van der Waals surface area contributed by atoms with Gasteiger partial charge in [0.05, 0.1) is 12.3 Å². The zero-order valence-electron chi connectivity index (χ0n) is 14.3. The topological polar surface area (TPSA) is 80.6 Å². The lowest BCUT2D eigenvalue weighted by molar-refractivity contribution is -0.114. The highest BCUT2D eigenvalue weighted by Crippen LogP contribution is 2.28. The lowest BCUT2D eigenvalue weighted by Crippen LogP contribution is -2.14. The molecule has 26 heavy (non-hydrogen) atoms. The number of furan rings is 1. The Hall–Kier alpha value is -3.19. The summed E-state index contributed by atoms with van der Waals surface area (Å²) in [6.07, 6.45) is 0. The molecule has 0 fully saturated rings. The van der Waals surface area contributed by atoms with Gasteiger partial charge in [0.2, 0.25) is 5.91 Å². The number of hydrogen-bond donors (Lipinski definition) is 2. The Morgan fingerprint density at radius 1 is 1.15 bits per heavy atom. The molecule has 1 aromatic heterocycles. The van der Waals surface area contributed by atoms with Crippen LogP contribution >= 0.6 is 0 Å². The molecular formula is C19H17FN2O4. The Labute approximate surface area is 148 Å². The van der Waals surface area contributed by atoms with Crippen molar-refractivity contribution in [1.29, 1.82) is 0 Å². The standard InChI is InChI=1S/C19H17FN2O4/c1-11(23)21-16-9-12(7-8-15(16)20)22-19(24)18-14(10-25-2)13-5-3-4-6-17(13)26-18/h3-9H,10H2,1-2H3,(H,21,23)(H,22,24). The third-order valence-corrected chi connectivity index (χ3v) is 3.73. The summed E-state index contributed by atoms with van der Waals surface area (Å²) in [4.78, 5) is 23.8. The highest BCUT2D eigenvalue weighted by molar-refractivity contribution is 6.06. The molecule has 2 aromatic carbocycles. The first-order valence-corrected chi connectivity index (χ1v) is 7.87. The number of methoxy groups -OCH3 is 1. The van der Waals surface area contributed by atoms with Crippen LogP contribution in [0, 0.1) is 5.82 Å². The van der Waals surface area contributed by atoms with Crippen LogP contribution in [0.15, 0.2) is 46.9 Å². The summed E-state index contributed by atoms with van der Waals surface area (Å²) in [6, 6.07) is 11.2. The minimum absolute atomic E-state index is 0.0166. The van der Waals surface area contributed by atoms with Crippen molar-refractivity contribution in [1.82, 2.24) is 0 Å². The maximum Gasteiger partial charge on any atom is 0.291 e. The summed E-state index contributed by atoms with van der Waals surface area (Å²) in [7, 11) is 1.53. The molecule has 0 saturated heterocycles. The molecule has 134 valence electrons. The zero-order valence-corrected chi connectivity index (χ0v) is 14.3. The van der Waals surface area contributed by atoms with Gasteiger partial charge in [-0.1, -0.05) is 18.2 Å². The summed E-state index contributed by atoms with van der Waals surface area (Å²) in [5.41, 5.74) is 1.51. The van der Waals surface area contributed by atoms with Crippen molar-refractivity contribution < 1.29 is 23.1 Å². The molecule has 2 N–H and O–H groups in total. The van der Waals surface area contributed by atoms with E-state index in [-0.39, 0.29) is 18.1 Å². The van der Waals surface area contributed by atoms with Gasteiger partial charge in [0, 0.05) is 30.7 Å². The number of fused-ring (bicyclic) bond motifs is 1. The number of carbonyl (C=O) groups excluding carboxylic acids is 2. The number of anilines is 2. The van der Waals surface area contributed by atoms with E-state index in [0.29, 0.717) is 16.8 Å². The monoisotopic (exact) mass is 356 g/mol. The predicted octanol–water partition coefficient (Wildman–Crippen LogP) is 3.93. The molecule has 0 aliphatic heterocycles. The van der Waals surface area contributed by atoms with Crippen molar-refractivity contribution in [3.8, 4) is 0 Å². The van der Waals surface area contributed by atoms with Crippen LogP contribution in [0.25, 0.3) is 11.0 Å². The first-order valence-electron chi connectivity index (χ1n) is 7.87. The van der Waals surface area contributed by atoms with E-state index >= 15 is 0 Å². The summed E-state index contributed by atoms with van der Waals surface area (Å²) in [5, 5.41) is 5.81. The van der Waals surface area contributed by atoms with Gasteiger partial charge < -0.3 is 19.8 Å². The minimum atomic E-state index is -0.595. The molecule has 0 bridgehead atoms. The normalized spacial score (nSPS) is 10.7. The third kappa shape index (κ3) is 3.57. The number of hydrogen-bond acceptors (Lipinski definition) is 4. The van der Waals surface area contributed by atoms with Gasteiger partial charge in [-0.3, -0.25) is 9.59 Å². The molecule has 0 spiro atoms. The van der Waals surface area contributed by atoms with Crippen molar-refractivity contribution in [2.75, 3.05) is 17.7 Å². The van der Waals surface area contributed by atoms with Gasteiger partial charge in [-0.2, -0.15) is 0 Å². The Balaban J connectivity index is 1.92. The highest BCUT2D eigenvalue weighted by Gasteiger charge is 2.20. The maximum atomic E-state index is 13.7. The van der Waals surface area contributed by atoms with Gasteiger partial charge in [0.25, 0.3) is 5.91 Å². The molecule has 0 radical (unpaired) electrons. The van der Waals surface area contributed by atoms with Crippen LogP contribution in [0.2, 0.25) is 0 Å². The van der Waals surface area contributed by atoms with Gasteiger partial charge in [0.1, 0.15) is 11.4 Å². The van der Waals surface area contributed by atoms with Gasteiger partial charge in [-0.15, -0.1) is 0 Å². The number of para-hydroxylation sites is 1. The van der Waals surface area contributed by atoms with Gasteiger partial charge in [-0.25, -0.2) is 4.39 Å². The summed E-state index contributed by atoms with van der Waals surface area (Å²) < 4.78 is 24.6. The molecule has 7 heteroatoms. The van der Waals surface area contributed by atoms with Crippen molar-refractivity contribution in [3.05, 3.63) is 59.6 Å². The molecule has 0 aliphatic rings. The fourth-order valence-electron chi connectivity index (χ4n) is 2.65. The lowest BCUT2D eigenvalue weighted by atomic mass is 10.1. The van der Waals surface area contributed by atoms with E-state index in [1.54, 1.807) is 6.07 Å². The van der Waals surface area contributed by atoms with E-state index in [2.05, 4.69) is 10.6 Å². The van der Waals surface area contributed by atoms with Crippen molar-refractivity contribution in [2.24, 2.45) is 0 Å². The second-order valence-corrected chi connectivity index (χ2v) is 5.67. The Morgan fingerprint density at radius 3 is 2.65 bits per heavy atom. The van der Waals surface area contributed by atoms with Gasteiger partial charge in [0.15, 0.2) is 5.76 Å². The smallest absolute Gasteiger partial charge is 0.291 e. The summed E-state index contributed by atoms with van der Waals surface area (Å²) in [5.74, 6) is -1.37. The van der Waals surface area contributed by atoms with Crippen molar-refractivity contribution in [3.63, 3.8) is 0 Å². The number of rotatable bonds is 5. The maximum absolute atomic E-state index is 13.7. The van der Waals surface area contributed by atoms with Crippen LogP contribution in [-0.2, 0) is 16.1 Å². The number of halogens is 1. The van der Waals surface area contributed by atoms with Crippen LogP contribution in [0.4, 0.5) is 15.8 Å². The van der Waals surface area contributed by atoms with Crippen LogP contribution in [-0.4, -0.2) is 18.9 Å². The van der Waals surface area contributed by atoms with Crippen LogP contribution in [0.5, 0.6) is 0 Å². The number of benzene rings is 2. The van der Waals surface area contributed by atoms with Crippen LogP contribution in [0.1, 0.15) is 23.0 Å². The second-order valence-electron chi connectivity index (χ2n) is 5.67. The van der Waals surface area contributed by atoms with Crippen molar-refractivity contribution in [2.45, 2.75) is 13.5 Å². The second kappa shape index (κ2) is 7.37. The number of amides is 2. The third-order valence-electron chi connectivity index (χ3n) is 3.73. The van der Waals surface area contributed by atoms with E-state index in [9.17, 15) is 14.0 Å². The Morgan fingerprint density at radius 2 is 1.92 bits per heavy atom. The van der Waals surface area contributed by atoms with E-state index in [0.717, 1.165) is 11.5 Å². The van der Waals surface area contributed by atoms with E-state index in [1.165, 1.54) is 26.2 Å². The molecule has 2 amide bonds.